The van der Waals surface area contributed by atoms with Crippen molar-refractivity contribution in [2.24, 2.45) is 5.92 Å². The summed E-state index contributed by atoms with van der Waals surface area (Å²) in [6, 6.07) is 11.7. The van der Waals surface area contributed by atoms with Crippen molar-refractivity contribution in [3.63, 3.8) is 0 Å². The van der Waals surface area contributed by atoms with Gasteiger partial charge in [0.25, 0.3) is 0 Å². The van der Waals surface area contributed by atoms with Crippen LogP contribution in [0, 0.1) is 5.92 Å². The minimum Gasteiger partial charge on any atom is -0.354 e. The normalized spacial score (nSPS) is 12.0. The number of carbonyl (C=O) groups excluding carboxylic acids is 2. The van der Waals surface area contributed by atoms with Gasteiger partial charge in [0.05, 0.1) is 16.5 Å². The molecule has 0 fully saturated rings. The summed E-state index contributed by atoms with van der Waals surface area (Å²) < 4.78 is 0. The highest BCUT2D eigenvalue weighted by Crippen LogP contribution is 2.24. The quantitative estimate of drug-likeness (QED) is 0.581. The van der Waals surface area contributed by atoms with Crippen LogP contribution in [0.4, 0.5) is 0 Å². The molecule has 29 heavy (non-hydrogen) atoms. The van der Waals surface area contributed by atoms with E-state index in [-0.39, 0.29) is 24.8 Å². The second-order valence-corrected chi connectivity index (χ2v) is 8.64. The maximum atomic E-state index is 13.1. The molecule has 2 amide bonds. The molecule has 0 aromatic heterocycles. The van der Waals surface area contributed by atoms with Gasteiger partial charge >= 0.3 is 0 Å². The Hall–Kier alpha value is -1.75. The van der Waals surface area contributed by atoms with E-state index in [0.717, 1.165) is 11.1 Å². The standard InChI is InChI=1S/C22H25Cl3N2O2/c1-14(2)12-26-22(29)15(3)27(13-17-7-8-19(24)20(25)10-17)21(28)11-16-5-4-6-18(23)9-16/h4-10,14-15H,11-13H2,1-3H3,(H,26,29)/t15-/m1/s1. The van der Waals surface area contributed by atoms with Gasteiger partial charge in [-0.1, -0.05) is 66.8 Å². The Morgan fingerprint density at radius 2 is 1.69 bits per heavy atom. The number of hydrogen-bond acceptors (Lipinski definition) is 2. The van der Waals surface area contributed by atoms with Gasteiger partial charge in [0.15, 0.2) is 0 Å². The second kappa shape index (κ2) is 10.9. The van der Waals surface area contributed by atoms with E-state index in [1.807, 2.05) is 19.9 Å². The van der Waals surface area contributed by atoms with Gasteiger partial charge in [0.2, 0.25) is 11.8 Å². The Morgan fingerprint density at radius 3 is 2.31 bits per heavy atom. The fraction of sp³-hybridized carbons (Fsp3) is 0.364. The van der Waals surface area contributed by atoms with E-state index in [1.165, 1.54) is 0 Å². The molecule has 0 aliphatic rings. The predicted molar refractivity (Wildman–Crippen MR) is 119 cm³/mol. The van der Waals surface area contributed by atoms with Crippen molar-refractivity contribution < 1.29 is 9.59 Å². The minimum absolute atomic E-state index is 0.143. The van der Waals surface area contributed by atoms with Gasteiger partial charge in [-0.15, -0.1) is 0 Å². The van der Waals surface area contributed by atoms with Crippen molar-refractivity contribution in [1.82, 2.24) is 10.2 Å². The van der Waals surface area contributed by atoms with Crippen LogP contribution in [0.3, 0.4) is 0 Å². The molecule has 0 unspecified atom stereocenters. The highest BCUT2D eigenvalue weighted by Gasteiger charge is 2.26. The van der Waals surface area contributed by atoms with Crippen molar-refractivity contribution >= 4 is 46.6 Å². The molecular weight excluding hydrogens is 431 g/mol. The summed E-state index contributed by atoms with van der Waals surface area (Å²) in [7, 11) is 0. The summed E-state index contributed by atoms with van der Waals surface area (Å²) in [5.41, 5.74) is 1.58. The van der Waals surface area contributed by atoms with Gasteiger partial charge in [0.1, 0.15) is 6.04 Å². The van der Waals surface area contributed by atoms with Crippen LogP contribution in [0.2, 0.25) is 15.1 Å². The van der Waals surface area contributed by atoms with Crippen LogP contribution in [0.5, 0.6) is 0 Å². The molecule has 0 heterocycles. The Bertz CT molecular complexity index is 871. The van der Waals surface area contributed by atoms with Crippen molar-refractivity contribution in [1.29, 1.82) is 0 Å². The van der Waals surface area contributed by atoms with Crippen LogP contribution in [0.1, 0.15) is 31.9 Å². The molecule has 0 radical (unpaired) electrons. The Morgan fingerprint density at radius 1 is 0.966 bits per heavy atom. The highest BCUT2D eigenvalue weighted by molar-refractivity contribution is 6.42. The predicted octanol–water partition coefficient (Wildman–Crippen LogP) is 5.38. The van der Waals surface area contributed by atoms with Gasteiger partial charge in [-0.3, -0.25) is 9.59 Å². The molecule has 156 valence electrons. The number of benzene rings is 2. The molecule has 2 aromatic carbocycles. The average Bonchev–Trinajstić information content (AvgIpc) is 2.66. The van der Waals surface area contributed by atoms with Gasteiger partial charge in [-0.2, -0.15) is 0 Å². The van der Waals surface area contributed by atoms with Crippen LogP contribution >= 0.6 is 34.8 Å². The summed E-state index contributed by atoms with van der Waals surface area (Å²) in [6.07, 6.45) is 0.143. The topological polar surface area (TPSA) is 49.4 Å². The molecule has 2 rings (SSSR count). The first-order chi connectivity index (χ1) is 13.7. The Balaban J connectivity index is 2.24. The first-order valence-electron chi connectivity index (χ1n) is 9.43. The van der Waals surface area contributed by atoms with Crippen molar-refractivity contribution in [3.05, 3.63) is 68.7 Å². The lowest BCUT2D eigenvalue weighted by atomic mass is 10.1. The zero-order valence-electron chi connectivity index (χ0n) is 16.7. The van der Waals surface area contributed by atoms with E-state index in [9.17, 15) is 9.59 Å². The van der Waals surface area contributed by atoms with Crippen LogP contribution in [-0.4, -0.2) is 29.3 Å². The van der Waals surface area contributed by atoms with E-state index >= 15 is 0 Å². The van der Waals surface area contributed by atoms with Gasteiger partial charge in [-0.25, -0.2) is 0 Å². The zero-order chi connectivity index (χ0) is 21.6. The molecule has 0 bridgehead atoms. The van der Waals surface area contributed by atoms with E-state index in [1.54, 1.807) is 48.2 Å². The minimum atomic E-state index is -0.644. The van der Waals surface area contributed by atoms with Crippen LogP contribution in [0.15, 0.2) is 42.5 Å². The molecule has 0 aliphatic carbocycles. The average molecular weight is 456 g/mol. The Labute approximate surface area is 187 Å². The number of carbonyl (C=O) groups is 2. The molecule has 1 N–H and O–H groups in total. The first-order valence-corrected chi connectivity index (χ1v) is 10.6. The van der Waals surface area contributed by atoms with Crippen molar-refractivity contribution in [2.75, 3.05) is 6.54 Å². The summed E-state index contributed by atoms with van der Waals surface area (Å²) in [5, 5.41) is 4.30. The van der Waals surface area contributed by atoms with Crippen molar-refractivity contribution in [2.45, 2.75) is 39.8 Å². The SMILES string of the molecule is CC(C)CNC(=O)[C@@H](C)N(Cc1ccc(Cl)c(Cl)c1)C(=O)Cc1cccc(Cl)c1. The monoisotopic (exact) mass is 454 g/mol. The number of amides is 2. The summed E-state index contributed by atoms with van der Waals surface area (Å²) >= 11 is 18.2. The summed E-state index contributed by atoms with van der Waals surface area (Å²) in [6.45, 7) is 6.55. The smallest absolute Gasteiger partial charge is 0.242 e. The second-order valence-electron chi connectivity index (χ2n) is 7.39. The highest BCUT2D eigenvalue weighted by atomic mass is 35.5. The van der Waals surface area contributed by atoms with E-state index in [4.69, 9.17) is 34.8 Å². The lowest BCUT2D eigenvalue weighted by Crippen LogP contribution is -2.48. The third kappa shape index (κ3) is 7.22. The fourth-order valence-electron chi connectivity index (χ4n) is 2.79. The molecule has 0 saturated carbocycles. The largest absolute Gasteiger partial charge is 0.354 e. The fourth-order valence-corrected chi connectivity index (χ4v) is 3.33. The molecule has 0 aliphatic heterocycles. The molecule has 0 saturated heterocycles. The van der Waals surface area contributed by atoms with Gasteiger partial charge < -0.3 is 10.2 Å². The van der Waals surface area contributed by atoms with E-state index in [0.29, 0.717) is 27.5 Å². The summed E-state index contributed by atoms with van der Waals surface area (Å²) in [5.74, 6) is -0.0550. The third-order valence-corrected chi connectivity index (χ3v) is 5.41. The van der Waals surface area contributed by atoms with E-state index in [2.05, 4.69) is 5.32 Å². The van der Waals surface area contributed by atoms with Crippen LogP contribution in [-0.2, 0) is 22.6 Å². The lowest BCUT2D eigenvalue weighted by Gasteiger charge is -2.29. The van der Waals surface area contributed by atoms with Gasteiger partial charge in [0, 0.05) is 18.1 Å². The first kappa shape index (κ1) is 23.5. The molecule has 4 nitrogen and oxygen atoms in total. The Kier molecular flexibility index (Phi) is 8.81. The number of halogens is 3. The maximum absolute atomic E-state index is 13.1. The van der Waals surface area contributed by atoms with Gasteiger partial charge in [-0.05, 0) is 48.2 Å². The molecule has 7 heteroatoms. The summed E-state index contributed by atoms with van der Waals surface area (Å²) in [4.78, 5) is 27.3. The zero-order valence-corrected chi connectivity index (χ0v) is 19.0. The third-order valence-electron chi connectivity index (χ3n) is 4.43. The number of rotatable bonds is 8. The molecule has 2 aromatic rings. The number of nitrogens with one attached hydrogen (secondary N) is 1. The number of hydrogen-bond donors (Lipinski definition) is 1. The number of nitrogens with zero attached hydrogens (tertiary/aromatic N) is 1. The maximum Gasteiger partial charge on any atom is 0.242 e. The molecular formula is C22H25Cl3N2O2. The van der Waals surface area contributed by atoms with Crippen LogP contribution < -0.4 is 5.32 Å². The van der Waals surface area contributed by atoms with Crippen molar-refractivity contribution in [3.8, 4) is 0 Å². The lowest BCUT2D eigenvalue weighted by molar-refractivity contribution is -0.140. The van der Waals surface area contributed by atoms with Crippen LogP contribution in [0.25, 0.3) is 0 Å². The molecule has 1 atom stereocenters. The van der Waals surface area contributed by atoms with E-state index < -0.39 is 6.04 Å². The molecule has 0 spiro atoms.